The van der Waals surface area contributed by atoms with Crippen LogP contribution in [0.3, 0.4) is 0 Å². The molecule has 0 saturated heterocycles. The van der Waals surface area contributed by atoms with Crippen molar-refractivity contribution in [3.8, 4) is 11.8 Å². The molecule has 0 saturated carbocycles. The highest BCUT2D eigenvalue weighted by Gasteiger charge is 2.05. The molecule has 2 aromatic rings. The van der Waals surface area contributed by atoms with Gasteiger partial charge in [0.2, 0.25) is 5.91 Å². The second-order valence-corrected chi connectivity index (χ2v) is 5.02. The van der Waals surface area contributed by atoms with Crippen molar-refractivity contribution in [2.75, 3.05) is 6.54 Å². The third kappa shape index (κ3) is 5.06. The van der Waals surface area contributed by atoms with Crippen LogP contribution in [0, 0.1) is 11.8 Å². The van der Waals surface area contributed by atoms with Crippen LogP contribution in [0.5, 0.6) is 0 Å². The molecule has 2 rings (SSSR count). The standard InChI is InChI=1S/C19H20N2O/c1-2-3-12-21-19(22)15-18-7-5-4-6-17(18)9-8-16-10-13-20-14-11-16/h4-7,10-11,13-14H,2-3,12,15H2,1H3,(H,21,22). The molecule has 1 amide bonds. The molecule has 0 fully saturated rings. The van der Waals surface area contributed by atoms with Crippen LogP contribution in [-0.2, 0) is 11.2 Å². The highest BCUT2D eigenvalue weighted by atomic mass is 16.1. The number of benzene rings is 1. The maximum atomic E-state index is 11.9. The predicted molar refractivity (Wildman–Crippen MR) is 88.3 cm³/mol. The minimum atomic E-state index is 0.0478. The number of hydrogen-bond acceptors (Lipinski definition) is 2. The van der Waals surface area contributed by atoms with E-state index in [1.54, 1.807) is 12.4 Å². The van der Waals surface area contributed by atoms with E-state index in [-0.39, 0.29) is 5.91 Å². The maximum Gasteiger partial charge on any atom is 0.224 e. The Morgan fingerprint density at radius 3 is 2.68 bits per heavy atom. The lowest BCUT2D eigenvalue weighted by Gasteiger charge is -2.06. The fourth-order valence-electron chi connectivity index (χ4n) is 2.01. The molecular weight excluding hydrogens is 272 g/mol. The van der Waals surface area contributed by atoms with Gasteiger partial charge in [-0.1, -0.05) is 43.4 Å². The first-order valence-corrected chi connectivity index (χ1v) is 7.56. The van der Waals surface area contributed by atoms with E-state index in [1.165, 1.54) is 0 Å². The zero-order chi connectivity index (χ0) is 15.6. The van der Waals surface area contributed by atoms with Gasteiger partial charge in [0.05, 0.1) is 6.42 Å². The summed E-state index contributed by atoms with van der Waals surface area (Å²) in [6, 6.07) is 11.5. The molecule has 0 atom stereocenters. The van der Waals surface area contributed by atoms with E-state index in [0.717, 1.165) is 36.1 Å². The van der Waals surface area contributed by atoms with Gasteiger partial charge in [-0.3, -0.25) is 9.78 Å². The average molecular weight is 292 g/mol. The molecule has 0 bridgehead atoms. The summed E-state index contributed by atoms with van der Waals surface area (Å²) in [6.07, 6.45) is 5.89. The number of carbonyl (C=O) groups excluding carboxylic acids is 1. The summed E-state index contributed by atoms with van der Waals surface area (Å²) in [5.41, 5.74) is 2.76. The molecule has 3 nitrogen and oxygen atoms in total. The van der Waals surface area contributed by atoms with Crippen LogP contribution in [0.15, 0.2) is 48.8 Å². The van der Waals surface area contributed by atoms with Gasteiger partial charge in [-0.25, -0.2) is 0 Å². The number of pyridine rings is 1. The Kier molecular flexibility index (Phi) is 6.19. The molecule has 22 heavy (non-hydrogen) atoms. The first-order valence-electron chi connectivity index (χ1n) is 7.56. The van der Waals surface area contributed by atoms with Gasteiger partial charge in [0.1, 0.15) is 0 Å². The maximum absolute atomic E-state index is 11.9. The Morgan fingerprint density at radius 1 is 1.14 bits per heavy atom. The molecule has 0 spiro atoms. The van der Waals surface area contributed by atoms with Gasteiger partial charge in [-0.2, -0.15) is 0 Å². The Bertz CT molecular complexity index is 669. The number of rotatable bonds is 5. The van der Waals surface area contributed by atoms with E-state index >= 15 is 0 Å². The molecule has 0 radical (unpaired) electrons. The number of hydrogen-bond donors (Lipinski definition) is 1. The Hall–Kier alpha value is -2.60. The molecule has 0 aliphatic carbocycles. The molecule has 0 aliphatic heterocycles. The number of unbranched alkanes of at least 4 members (excludes halogenated alkanes) is 1. The van der Waals surface area contributed by atoms with Crippen molar-refractivity contribution < 1.29 is 4.79 Å². The second-order valence-electron chi connectivity index (χ2n) is 5.02. The highest BCUT2D eigenvalue weighted by Crippen LogP contribution is 2.08. The number of nitrogens with zero attached hydrogens (tertiary/aromatic N) is 1. The molecule has 3 heteroatoms. The molecule has 0 aliphatic rings. The van der Waals surface area contributed by atoms with E-state index in [2.05, 4.69) is 29.1 Å². The van der Waals surface area contributed by atoms with Gasteiger partial charge in [0, 0.05) is 30.1 Å². The van der Waals surface area contributed by atoms with Crippen LogP contribution in [0.25, 0.3) is 0 Å². The van der Waals surface area contributed by atoms with E-state index in [1.807, 2.05) is 36.4 Å². The zero-order valence-corrected chi connectivity index (χ0v) is 12.8. The number of carbonyl (C=O) groups is 1. The minimum absolute atomic E-state index is 0.0478. The third-order valence-corrected chi connectivity index (χ3v) is 3.24. The van der Waals surface area contributed by atoms with Crippen LogP contribution in [-0.4, -0.2) is 17.4 Å². The van der Waals surface area contributed by atoms with E-state index in [4.69, 9.17) is 0 Å². The predicted octanol–water partition coefficient (Wildman–Crippen LogP) is 2.94. The lowest BCUT2D eigenvalue weighted by molar-refractivity contribution is -0.120. The van der Waals surface area contributed by atoms with Crippen LogP contribution >= 0.6 is 0 Å². The quantitative estimate of drug-likeness (QED) is 0.680. The monoisotopic (exact) mass is 292 g/mol. The summed E-state index contributed by atoms with van der Waals surface area (Å²) in [7, 11) is 0. The van der Waals surface area contributed by atoms with Crippen molar-refractivity contribution in [3.63, 3.8) is 0 Å². The first kappa shape index (κ1) is 15.8. The number of amides is 1. The lowest BCUT2D eigenvalue weighted by atomic mass is 10.0. The fraction of sp³-hybridized carbons (Fsp3) is 0.263. The highest BCUT2D eigenvalue weighted by molar-refractivity contribution is 5.79. The summed E-state index contributed by atoms with van der Waals surface area (Å²) in [5, 5.41) is 2.94. The molecule has 0 unspecified atom stereocenters. The van der Waals surface area contributed by atoms with E-state index in [0.29, 0.717) is 6.42 Å². The van der Waals surface area contributed by atoms with Crippen molar-refractivity contribution in [2.45, 2.75) is 26.2 Å². The fourth-order valence-corrected chi connectivity index (χ4v) is 2.01. The third-order valence-electron chi connectivity index (χ3n) is 3.24. The normalized spacial score (nSPS) is 9.68. The van der Waals surface area contributed by atoms with Gasteiger partial charge < -0.3 is 5.32 Å². The Labute approximate surface area is 131 Å². The van der Waals surface area contributed by atoms with Crippen molar-refractivity contribution in [1.29, 1.82) is 0 Å². The van der Waals surface area contributed by atoms with Crippen LogP contribution in [0.2, 0.25) is 0 Å². The topological polar surface area (TPSA) is 42.0 Å². The SMILES string of the molecule is CCCCNC(=O)Cc1ccccc1C#Cc1ccncc1. The summed E-state index contributed by atoms with van der Waals surface area (Å²) in [6.45, 7) is 2.84. The number of nitrogens with one attached hydrogen (secondary N) is 1. The zero-order valence-electron chi connectivity index (χ0n) is 12.8. The van der Waals surface area contributed by atoms with Crippen molar-refractivity contribution in [2.24, 2.45) is 0 Å². The van der Waals surface area contributed by atoms with Crippen LogP contribution < -0.4 is 5.32 Å². The second kappa shape index (κ2) is 8.63. The molecular formula is C19H20N2O. The van der Waals surface area contributed by atoms with Gasteiger partial charge >= 0.3 is 0 Å². The summed E-state index contributed by atoms with van der Waals surface area (Å²) < 4.78 is 0. The minimum Gasteiger partial charge on any atom is -0.356 e. The largest absolute Gasteiger partial charge is 0.356 e. The first-order chi connectivity index (χ1) is 10.8. The number of aromatic nitrogens is 1. The van der Waals surface area contributed by atoms with Gasteiger partial charge in [-0.15, -0.1) is 0 Å². The molecule has 112 valence electrons. The van der Waals surface area contributed by atoms with Crippen molar-refractivity contribution in [1.82, 2.24) is 10.3 Å². The Morgan fingerprint density at radius 2 is 1.91 bits per heavy atom. The van der Waals surface area contributed by atoms with Gasteiger partial charge in [0.25, 0.3) is 0 Å². The Balaban J connectivity index is 2.07. The van der Waals surface area contributed by atoms with Crippen LogP contribution in [0.1, 0.15) is 36.5 Å². The van der Waals surface area contributed by atoms with E-state index < -0.39 is 0 Å². The summed E-state index contributed by atoms with van der Waals surface area (Å²) >= 11 is 0. The van der Waals surface area contributed by atoms with Crippen molar-refractivity contribution in [3.05, 3.63) is 65.5 Å². The lowest BCUT2D eigenvalue weighted by Crippen LogP contribution is -2.26. The smallest absolute Gasteiger partial charge is 0.224 e. The van der Waals surface area contributed by atoms with Crippen LogP contribution in [0.4, 0.5) is 0 Å². The van der Waals surface area contributed by atoms with Crippen molar-refractivity contribution >= 4 is 5.91 Å². The molecule has 1 aromatic carbocycles. The average Bonchev–Trinajstić information content (AvgIpc) is 2.55. The summed E-state index contributed by atoms with van der Waals surface area (Å²) in [5.74, 6) is 6.30. The molecule has 1 heterocycles. The van der Waals surface area contributed by atoms with E-state index in [9.17, 15) is 4.79 Å². The molecule has 1 aromatic heterocycles. The molecule has 1 N–H and O–H groups in total. The van der Waals surface area contributed by atoms with Gasteiger partial charge in [0.15, 0.2) is 0 Å². The van der Waals surface area contributed by atoms with Gasteiger partial charge in [-0.05, 0) is 30.2 Å². The summed E-state index contributed by atoms with van der Waals surface area (Å²) in [4.78, 5) is 15.9.